The fourth-order valence-electron chi connectivity index (χ4n) is 4.51. The number of benzene rings is 2. The smallest absolute Gasteiger partial charge is 0.237 e. The van der Waals surface area contributed by atoms with Crippen LogP contribution < -0.4 is 20.1 Å². The Morgan fingerprint density at radius 3 is 2.88 bits per heavy atom. The third-order valence-corrected chi connectivity index (χ3v) is 7.10. The molecule has 4 rings (SSSR count). The number of halogens is 1. The molecule has 3 aromatic rings. The summed E-state index contributed by atoms with van der Waals surface area (Å²) in [5.74, 6) is 1.26. The lowest BCUT2D eigenvalue weighted by Crippen LogP contribution is -2.43. The monoisotopic (exact) mass is 554 g/mol. The Labute approximate surface area is 234 Å². The Kier molecular flexibility index (Phi) is 10.1. The molecule has 0 aliphatic carbocycles. The lowest BCUT2D eigenvalue weighted by atomic mass is 10.1. The van der Waals surface area contributed by atoms with E-state index >= 15 is 0 Å². The lowest BCUT2D eigenvalue weighted by molar-refractivity contribution is -0.125. The zero-order chi connectivity index (χ0) is 28.6. The van der Waals surface area contributed by atoms with Crippen LogP contribution in [-0.4, -0.2) is 90.4 Å². The van der Waals surface area contributed by atoms with Gasteiger partial charge in [0.15, 0.2) is 11.5 Å². The van der Waals surface area contributed by atoms with E-state index in [9.17, 15) is 9.18 Å². The van der Waals surface area contributed by atoms with Crippen molar-refractivity contribution in [3.63, 3.8) is 0 Å². The molecule has 2 heterocycles. The Balaban J connectivity index is 1.69. The van der Waals surface area contributed by atoms with Crippen molar-refractivity contribution in [3.8, 4) is 11.5 Å². The summed E-state index contributed by atoms with van der Waals surface area (Å²) in [6.45, 7) is 6.71. The summed E-state index contributed by atoms with van der Waals surface area (Å²) in [6, 6.07) is 6.54. The van der Waals surface area contributed by atoms with Gasteiger partial charge in [0, 0.05) is 43.3 Å². The average Bonchev–Trinajstić information content (AvgIpc) is 2.93. The molecule has 0 radical (unpaired) electrons. The molecule has 11 heteroatoms. The minimum atomic E-state index is -0.416. The number of ether oxygens (including phenoxy) is 2. The van der Waals surface area contributed by atoms with Crippen LogP contribution in [0.4, 0.5) is 15.9 Å². The largest absolute Gasteiger partial charge is 0.490 e. The number of hydrogen-bond acceptors (Lipinski definition) is 9. The number of rotatable bonds is 7. The fourth-order valence-corrected chi connectivity index (χ4v) is 4.51. The van der Waals surface area contributed by atoms with Crippen molar-refractivity contribution < 1.29 is 23.8 Å². The topological polar surface area (TPSA) is 112 Å². The van der Waals surface area contributed by atoms with Crippen molar-refractivity contribution in [1.29, 1.82) is 0 Å². The molecule has 0 saturated carbocycles. The van der Waals surface area contributed by atoms with Crippen molar-refractivity contribution in [2.24, 2.45) is 0 Å². The standard InChI is InChI=1S/C29H39FN6O4/c1-19-13-24-21(14-23(19)30)17-36(4)20(2)29(38)31-7-5-11-39-26-15-22-25(32-18-33-28(22)34-24)16-27(26)40-12-6-8-35(3)9-10-37/h13-16,18,20,37H,5-12,17H2,1-4H3,(H,31,38)(H,32,33,34). The van der Waals surface area contributed by atoms with E-state index < -0.39 is 6.04 Å². The third kappa shape index (κ3) is 7.35. The Morgan fingerprint density at radius 2 is 2.08 bits per heavy atom. The molecule has 0 saturated heterocycles. The minimum absolute atomic E-state index is 0.105. The second-order valence-electron chi connectivity index (χ2n) is 10.2. The van der Waals surface area contributed by atoms with Gasteiger partial charge in [-0.15, -0.1) is 0 Å². The molecule has 0 fully saturated rings. The van der Waals surface area contributed by atoms with Crippen LogP contribution in [0.2, 0.25) is 0 Å². The molecule has 2 bridgehead atoms. The van der Waals surface area contributed by atoms with E-state index in [-0.39, 0.29) is 18.3 Å². The summed E-state index contributed by atoms with van der Waals surface area (Å²) >= 11 is 0. The number of amides is 1. The zero-order valence-corrected chi connectivity index (χ0v) is 23.7. The predicted octanol–water partition coefficient (Wildman–Crippen LogP) is 3.23. The number of aliphatic hydroxyl groups excluding tert-OH is 1. The Bertz CT molecular complexity index is 1320. The molecule has 1 aromatic heterocycles. The highest BCUT2D eigenvalue weighted by molar-refractivity contribution is 5.93. The van der Waals surface area contributed by atoms with Crippen LogP contribution >= 0.6 is 0 Å². The molecule has 1 amide bonds. The van der Waals surface area contributed by atoms with Gasteiger partial charge in [-0.05, 0) is 70.1 Å². The summed E-state index contributed by atoms with van der Waals surface area (Å²) in [5, 5.41) is 16.2. The Hall–Kier alpha value is -3.54. The van der Waals surface area contributed by atoms with Gasteiger partial charge in [-0.2, -0.15) is 0 Å². The van der Waals surface area contributed by atoms with Crippen LogP contribution in [0.1, 0.15) is 30.9 Å². The maximum absolute atomic E-state index is 14.6. The summed E-state index contributed by atoms with van der Waals surface area (Å²) in [4.78, 5) is 25.7. The second-order valence-corrected chi connectivity index (χ2v) is 10.2. The number of aliphatic hydroxyl groups is 1. The Morgan fingerprint density at radius 1 is 1.25 bits per heavy atom. The summed E-state index contributed by atoms with van der Waals surface area (Å²) in [5.41, 5.74) is 2.57. The number of carbonyl (C=O) groups is 1. The number of hydrogen-bond donors (Lipinski definition) is 3. The van der Waals surface area contributed by atoms with E-state index in [1.165, 1.54) is 12.4 Å². The van der Waals surface area contributed by atoms with Gasteiger partial charge >= 0.3 is 0 Å². The van der Waals surface area contributed by atoms with E-state index in [0.29, 0.717) is 78.9 Å². The van der Waals surface area contributed by atoms with Crippen LogP contribution in [0.3, 0.4) is 0 Å². The van der Waals surface area contributed by atoms with Crippen molar-refractivity contribution in [2.45, 2.75) is 39.3 Å². The predicted molar refractivity (Wildman–Crippen MR) is 153 cm³/mol. The molecule has 1 aliphatic rings. The normalized spacial score (nSPS) is 16.9. The number of likely N-dealkylation sites (N-methyl/N-ethyl adjacent to an activating group) is 2. The fraction of sp³-hybridized carbons (Fsp3) is 0.483. The van der Waals surface area contributed by atoms with Crippen molar-refractivity contribution >= 4 is 28.3 Å². The SMILES string of the molecule is Cc1cc2c(cc1F)CN(C)C(C)C(=O)NCCCOc1cc3c(ncnc3cc1OCCCN(C)CCO)N2. The van der Waals surface area contributed by atoms with Crippen LogP contribution in [0.25, 0.3) is 10.9 Å². The number of nitrogens with one attached hydrogen (secondary N) is 2. The number of aryl methyl sites for hydroxylation is 1. The van der Waals surface area contributed by atoms with Gasteiger partial charge < -0.3 is 30.1 Å². The number of fused-ring (bicyclic) bond motifs is 2. The zero-order valence-electron chi connectivity index (χ0n) is 23.7. The van der Waals surface area contributed by atoms with Gasteiger partial charge in [-0.25, -0.2) is 14.4 Å². The molecule has 3 N–H and O–H groups in total. The molecule has 1 aliphatic heterocycles. The van der Waals surface area contributed by atoms with Gasteiger partial charge in [-0.3, -0.25) is 9.69 Å². The van der Waals surface area contributed by atoms with E-state index in [4.69, 9.17) is 14.6 Å². The minimum Gasteiger partial charge on any atom is -0.490 e. The van der Waals surface area contributed by atoms with E-state index in [0.717, 1.165) is 18.4 Å². The van der Waals surface area contributed by atoms with Crippen LogP contribution in [-0.2, 0) is 11.3 Å². The molecule has 2 aromatic carbocycles. The van der Waals surface area contributed by atoms with Gasteiger partial charge in [-0.1, -0.05) is 0 Å². The van der Waals surface area contributed by atoms with Gasteiger partial charge in [0.05, 0.1) is 31.4 Å². The van der Waals surface area contributed by atoms with Gasteiger partial charge in [0.1, 0.15) is 18.0 Å². The molecular weight excluding hydrogens is 515 g/mol. The highest BCUT2D eigenvalue weighted by atomic mass is 19.1. The van der Waals surface area contributed by atoms with Crippen molar-refractivity contribution in [3.05, 3.63) is 47.5 Å². The molecular formula is C29H39FN6O4. The van der Waals surface area contributed by atoms with Crippen molar-refractivity contribution in [2.75, 3.05) is 58.9 Å². The molecule has 1 unspecified atom stereocenters. The highest BCUT2D eigenvalue weighted by Gasteiger charge is 2.21. The summed E-state index contributed by atoms with van der Waals surface area (Å²) in [6.07, 6.45) is 2.86. The first-order valence-corrected chi connectivity index (χ1v) is 13.6. The highest BCUT2D eigenvalue weighted by Crippen LogP contribution is 2.36. The maximum atomic E-state index is 14.6. The van der Waals surface area contributed by atoms with Gasteiger partial charge in [0.25, 0.3) is 0 Å². The average molecular weight is 555 g/mol. The van der Waals surface area contributed by atoms with Crippen LogP contribution in [0.5, 0.6) is 11.5 Å². The van der Waals surface area contributed by atoms with Gasteiger partial charge in [0.2, 0.25) is 5.91 Å². The number of aromatic nitrogens is 2. The summed E-state index contributed by atoms with van der Waals surface area (Å²) in [7, 11) is 3.80. The molecule has 0 spiro atoms. The quantitative estimate of drug-likeness (QED) is 0.379. The van der Waals surface area contributed by atoms with Crippen LogP contribution in [0, 0.1) is 12.7 Å². The van der Waals surface area contributed by atoms with E-state index in [2.05, 4.69) is 20.6 Å². The second kappa shape index (κ2) is 13.7. The number of nitrogens with zero attached hydrogens (tertiary/aromatic N) is 4. The number of anilines is 2. The summed E-state index contributed by atoms with van der Waals surface area (Å²) < 4.78 is 26.9. The maximum Gasteiger partial charge on any atom is 0.237 e. The first-order chi connectivity index (χ1) is 19.3. The number of carbonyl (C=O) groups excluding carboxylic acids is 1. The lowest BCUT2D eigenvalue weighted by Gasteiger charge is -2.26. The van der Waals surface area contributed by atoms with Crippen LogP contribution in [0.15, 0.2) is 30.6 Å². The third-order valence-electron chi connectivity index (χ3n) is 7.10. The molecule has 40 heavy (non-hydrogen) atoms. The first-order valence-electron chi connectivity index (χ1n) is 13.6. The first kappa shape index (κ1) is 29.4. The molecule has 10 nitrogen and oxygen atoms in total. The molecule has 1 atom stereocenters. The van der Waals surface area contributed by atoms with E-state index in [1.807, 2.05) is 43.0 Å². The van der Waals surface area contributed by atoms with Crippen molar-refractivity contribution in [1.82, 2.24) is 25.1 Å². The molecule has 216 valence electrons. The van der Waals surface area contributed by atoms with E-state index in [1.54, 1.807) is 13.0 Å².